The fourth-order valence-electron chi connectivity index (χ4n) is 2.51. The van der Waals surface area contributed by atoms with Crippen LogP contribution in [-0.2, 0) is 16.6 Å². The van der Waals surface area contributed by atoms with Gasteiger partial charge in [0.1, 0.15) is 6.04 Å². The highest BCUT2D eigenvalue weighted by Gasteiger charge is 2.28. The van der Waals surface area contributed by atoms with Gasteiger partial charge in [0.2, 0.25) is 5.91 Å². The number of hydrogen-bond donors (Lipinski definition) is 1. The topological polar surface area (TPSA) is 32.3 Å². The van der Waals surface area contributed by atoms with Crippen LogP contribution in [0.4, 0.5) is 0 Å². The van der Waals surface area contributed by atoms with Crippen molar-refractivity contribution in [3.8, 4) is 0 Å². The lowest BCUT2D eigenvalue weighted by Crippen LogP contribution is -2.41. The normalized spacial score (nSPS) is 18.9. The molecule has 1 aromatic rings. The third-order valence-electron chi connectivity index (χ3n) is 3.75. The molecule has 0 bridgehead atoms. The van der Waals surface area contributed by atoms with E-state index in [2.05, 4.69) is 44.3 Å². The first kappa shape index (κ1) is 14.1. The van der Waals surface area contributed by atoms with Crippen LogP contribution in [0.25, 0.3) is 0 Å². The maximum Gasteiger partial charge on any atom is 0.243 e. The number of carbonyl (C=O) groups excluding carboxylic acids is 1. The van der Waals surface area contributed by atoms with E-state index in [9.17, 15) is 4.79 Å². The van der Waals surface area contributed by atoms with Crippen LogP contribution in [0, 0.1) is 0 Å². The molecule has 0 saturated heterocycles. The molecule has 0 fully saturated rings. The Balaban J connectivity index is 2.39. The lowest BCUT2D eigenvalue weighted by atomic mass is 9.83. The number of nitrogens with zero attached hydrogens (tertiary/aromatic N) is 1. The van der Waals surface area contributed by atoms with Gasteiger partial charge >= 0.3 is 0 Å². The monoisotopic (exact) mass is 260 g/mol. The van der Waals surface area contributed by atoms with Gasteiger partial charge in [-0.1, -0.05) is 39.0 Å². The summed E-state index contributed by atoms with van der Waals surface area (Å²) in [5, 5.41) is 3.32. The first-order valence-electron chi connectivity index (χ1n) is 6.88. The number of rotatable bonds is 1. The minimum Gasteiger partial charge on any atom is -0.347 e. The van der Waals surface area contributed by atoms with Crippen LogP contribution in [0.2, 0.25) is 0 Å². The summed E-state index contributed by atoms with van der Waals surface area (Å²) in [6, 6.07) is 6.36. The molecule has 3 heteroatoms. The predicted molar refractivity (Wildman–Crippen MR) is 78.3 cm³/mol. The zero-order chi connectivity index (χ0) is 14.2. The molecule has 1 aromatic carbocycles. The summed E-state index contributed by atoms with van der Waals surface area (Å²) in [6.07, 6.45) is 0.996. The van der Waals surface area contributed by atoms with Gasteiger partial charge in [-0.25, -0.2) is 0 Å². The number of hydrogen-bond acceptors (Lipinski definition) is 2. The largest absolute Gasteiger partial charge is 0.347 e. The highest BCUT2D eigenvalue weighted by Crippen LogP contribution is 2.29. The fourth-order valence-corrected chi connectivity index (χ4v) is 2.51. The van der Waals surface area contributed by atoms with Crippen LogP contribution in [0.3, 0.4) is 0 Å². The van der Waals surface area contributed by atoms with E-state index < -0.39 is 0 Å². The summed E-state index contributed by atoms with van der Waals surface area (Å²) >= 11 is 0. The molecule has 1 amide bonds. The molecule has 1 unspecified atom stereocenters. The van der Waals surface area contributed by atoms with Crippen LogP contribution in [0.5, 0.6) is 0 Å². The quantitative estimate of drug-likeness (QED) is 0.840. The smallest absolute Gasteiger partial charge is 0.243 e. The van der Waals surface area contributed by atoms with Crippen LogP contribution >= 0.6 is 0 Å². The minimum atomic E-state index is -0.187. The average Bonchev–Trinajstić information content (AvgIpc) is 2.35. The Morgan fingerprint density at radius 1 is 1.32 bits per heavy atom. The van der Waals surface area contributed by atoms with Gasteiger partial charge in [0.25, 0.3) is 0 Å². The second-order valence-corrected chi connectivity index (χ2v) is 6.53. The Labute approximate surface area is 116 Å². The first-order chi connectivity index (χ1) is 8.80. The lowest BCUT2D eigenvalue weighted by molar-refractivity contribution is -0.131. The first-order valence-corrected chi connectivity index (χ1v) is 6.88. The van der Waals surface area contributed by atoms with Crippen LogP contribution in [0.1, 0.15) is 43.5 Å². The summed E-state index contributed by atoms with van der Waals surface area (Å²) in [7, 11) is 3.61. The van der Waals surface area contributed by atoms with E-state index in [1.165, 1.54) is 11.1 Å². The molecule has 2 rings (SSSR count). The molecule has 3 nitrogen and oxygen atoms in total. The molecule has 104 valence electrons. The van der Waals surface area contributed by atoms with Crippen LogP contribution < -0.4 is 5.32 Å². The molecule has 0 saturated carbocycles. The number of likely N-dealkylation sites (N-methyl/N-ethyl adjacent to an activating group) is 1. The van der Waals surface area contributed by atoms with E-state index in [1.54, 1.807) is 4.90 Å². The average molecular weight is 260 g/mol. The number of nitrogens with one attached hydrogen (secondary N) is 1. The zero-order valence-electron chi connectivity index (χ0n) is 12.6. The summed E-state index contributed by atoms with van der Waals surface area (Å²) in [4.78, 5) is 13.9. The molecule has 1 aliphatic rings. The van der Waals surface area contributed by atoms with E-state index in [1.807, 2.05) is 14.1 Å². The fraction of sp³-hybridized carbons (Fsp3) is 0.562. The summed E-state index contributed by atoms with van der Waals surface area (Å²) in [6.45, 7) is 7.53. The van der Waals surface area contributed by atoms with Gasteiger partial charge in [0, 0.05) is 20.6 Å². The van der Waals surface area contributed by atoms with Crippen molar-refractivity contribution in [1.82, 2.24) is 10.2 Å². The van der Waals surface area contributed by atoms with E-state index in [-0.39, 0.29) is 17.4 Å². The van der Waals surface area contributed by atoms with Gasteiger partial charge in [-0.15, -0.1) is 0 Å². The second kappa shape index (κ2) is 4.97. The van der Waals surface area contributed by atoms with Gasteiger partial charge in [-0.2, -0.15) is 0 Å². The Morgan fingerprint density at radius 2 is 2.00 bits per heavy atom. The third-order valence-corrected chi connectivity index (χ3v) is 3.75. The van der Waals surface area contributed by atoms with Crippen LogP contribution in [-0.4, -0.2) is 31.4 Å². The van der Waals surface area contributed by atoms with Gasteiger partial charge in [-0.05, 0) is 28.5 Å². The third kappa shape index (κ3) is 2.81. The number of amides is 1. The van der Waals surface area contributed by atoms with Gasteiger partial charge in [-0.3, -0.25) is 4.79 Å². The molecule has 1 heterocycles. The Morgan fingerprint density at radius 3 is 2.58 bits per heavy atom. The molecular formula is C16H24N2O. The highest BCUT2D eigenvalue weighted by molar-refractivity contribution is 5.83. The number of benzene rings is 1. The molecule has 1 aliphatic heterocycles. The zero-order valence-corrected chi connectivity index (χ0v) is 12.6. The molecule has 0 aromatic heterocycles. The van der Waals surface area contributed by atoms with Crippen molar-refractivity contribution in [2.45, 2.75) is 38.6 Å². The number of carbonyl (C=O) groups is 1. The molecule has 0 spiro atoms. The molecule has 0 aliphatic carbocycles. The molecular weight excluding hydrogens is 236 g/mol. The highest BCUT2D eigenvalue weighted by atomic mass is 16.2. The second-order valence-electron chi connectivity index (χ2n) is 6.53. The Kier molecular flexibility index (Phi) is 3.68. The summed E-state index contributed by atoms with van der Waals surface area (Å²) in [5.74, 6) is 0.129. The van der Waals surface area contributed by atoms with Gasteiger partial charge in [0.15, 0.2) is 0 Å². The SMILES string of the molecule is CN(C)C(=O)C1NCCc2cc(C(C)(C)C)ccc21. The van der Waals surface area contributed by atoms with Crippen molar-refractivity contribution in [3.63, 3.8) is 0 Å². The van der Waals surface area contributed by atoms with E-state index in [0.717, 1.165) is 18.5 Å². The van der Waals surface area contributed by atoms with Crippen molar-refractivity contribution in [3.05, 3.63) is 34.9 Å². The van der Waals surface area contributed by atoms with Crippen molar-refractivity contribution in [2.24, 2.45) is 0 Å². The molecule has 1 atom stereocenters. The maximum atomic E-state index is 12.2. The molecule has 0 radical (unpaired) electrons. The molecule has 19 heavy (non-hydrogen) atoms. The van der Waals surface area contributed by atoms with E-state index in [0.29, 0.717) is 0 Å². The molecule has 1 N–H and O–H groups in total. The van der Waals surface area contributed by atoms with Crippen LogP contribution in [0.15, 0.2) is 18.2 Å². The van der Waals surface area contributed by atoms with E-state index in [4.69, 9.17) is 0 Å². The number of fused-ring (bicyclic) bond motifs is 1. The van der Waals surface area contributed by atoms with Gasteiger partial charge < -0.3 is 10.2 Å². The van der Waals surface area contributed by atoms with E-state index >= 15 is 0 Å². The van der Waals surface area contributed by atoms with Crippen molar-refractivity contribution < 1.29 is 4.79 Å². The lowest BCUT2D eigenvalue weighted by Gasteiger charge is -2.30. The van der Waals surface area contributed by atoms with Crippen molar-refractivity contribution in [1.29, 1.82) is 0 Å². The standard InChI is InChI=1S/C16H24N2O/c1-16(2,3)12-6-7-13-11(10-12)8-9-17-14(13)15(19)18(4)5/h6-7,10,14,17H,8-9H2,1-5H3. The Hall–Kier alpha value is -1.35. The summed E-state index contributed by atoms with van der Waals surface area (Å²) in [5.41, 5.74) is 3.94. The summed E-state index contributed by atoms with van der Waals surface area (Å²) < 4.78 is 0. The maximum absolute atomic E-state index is 12.2. The van der Waals surface area contributed by atoms with Crippen molar-refractivity contribution in [2.75, 3.05) is 20.6 Å². The Bertz CT molecular complexity index is 486. The predicted octanol–water partition coefficient (Wildman–Crippen LogP) is 2.26. The van der Waals surface area contributed by atoms with Gasteiger partial charge in [0.05, 0.1) is 0 Å². The van der Waals surface area contributed by atoms with Crippen molar-refractivity contribution >= 4 is 5.91 Å². The minimum absolute atomic E-state index is 0.129.